The Morgan fingerprint density at radius 1 is 1.44 bits per heavy atom. The van der Waals surface area contributed by atoms with Crippen LogP contribution in [0.5, 0.6) is 0 Å². The Hall–Kier alpha value is -0.360. The maximum atomic E-state index is 11.7. The number of hydrogen-bond donors (Lipinski definition) is 2. The number of thiazole rings is 1. The third kappa shape index (κ3) is 6.54. The van der Waals surface area contributed by atoms with Gasteiger partial charge in [-0.05, 0) is 13.3 Å². The molecule has 1 amide bonds. The van der Waals surface area contributed by atoms with E-state index in [1.807, 2.05) is 6.92 Å². The van der Waals surface area contributed by atoms with Crippen molar-refractivity contribution in [2.24, 2.45) is 5.73 Å². The lowest BCUT2D eigenvalue weighted by Gasteiger charge is -2.05. The predicted octanol–water partition coefficient (Wildman–Crippen LogP) is 2.58. The summed E-state index contributed by atoms with van der Waals surface area (Å²) >= 11 is 1.53. The molecule has 0 bridgehead atoms. The first-order chi connectivity index (χ1) is 7.50. The lowest BCUT2D eigenvalue weighted by molar-refractivity contribution is 0.0948. The van der Waals surface area contributed by atoms with Crippen molar-refractivity contribution >= 4 is 42.1 Å². The van der Waals surface area contributed by atoms with Gasteiger partial charge in [-0.1, -0.05) is 13.8 Å². The van der Waals surface area contributed by atoms with Gasteiger partial charge in [0.05, 0.1) is 5.01 Å². The highest BCUT2D eigenvalue weighted by Crippen LogP contribution is 2.18. The van der Waals surface area contributed by atoms with E-state index in [4.69, 9.17) is 5.73 Å². The number of nitrogens with zero attached hydrogens (tertiary/aromatic N) is 1. The molecule has 1 aromatic rings. The third-order valence-corrected chi connectivity index (χ3v) is 3.28. The molecular formula is C11H21Cl2N3OS. The fourth-order valence-electron chi connectivity index (χ4n) is 1.16. The lowest BCUT2D eigenvalue weighted by atomic mass is 10.2. The Balaban J connectivity index is 0. The van der Waals surface area contributed by atoms with E-state index < -0.39 is 0 Å². The molecule has 0 aliphatic rings. The zero-order valence-corrected chi connectivity index (χ0v) is 13.3. The van der Waals surface area contributed by atoms with Crippen LogP contribution in [0.2, 0.25) is 0 Å². The van der Waals surface area contributed by atoms with E-state index in [9.17, 15) is 4.79 Å². The van der Waals surface area contributed by atoms with Crippen LogP contribution in [-0.4, -0.2) is 23.5 Å². The number of amides is 1. The van der Waals surface area contributed by atoms with Crippen LogP contribution in [0.1, 0.15) is 48.6 Å². The highest BCUT2D eigenvalue weighted by molar-refractivity contribution is 7.09. The number of halogens is 2. The molecule has 0 fully saturated rings. The molecular weight excluding hydrogens is 293 g/mol. The fourth-order valence-corrected chi connectivity index (χ4v) is 1.98. The van der Waals surface area contributed by atoms with Gasteiger partial charge in [-0.15, -0.1) is 36.2 Å². The number of carbonyl (C=O) groups is 1. The molecule has 106 valence electrons. The van der Waals surface area contributed by atoms with E-state index in [0.29, 0.717) is 18.2 Å². The van der Waals surface area contributed by atoms with Gasteiger partial charge in [-0.3, -0.25) is 4.79 Å². The van der Waals surface area contributed by atoms with Crippen molar-refractivity contribution in [1.82, 2.24) is 10.3 Å². The summed E-state index contributed by atoms with van der Waals surface area (Å²) in [6, 6.07) is 0.113. The molecule has 0 saturated carbocycles. The molecule has 18 heavy (non-hydrogen) atoms. The summed E-state index contributed by atoms with van der Waals surface area (Å²) < 4.78 is 0. The second kappa shape index (κ2) is 9.55. The van der Waals surface area contributed by atoms with Crippen LogP contribution >= 0.6 is 36.2 Å². The topological polar surface area (TPSA) is 68.0 Å². The van der Waals surface area contributed by atoms with Crippen LogP contribution in [0.15, 0.2) is 5.38 Å². The molecule has 1 aromatic heterocycles. The molecule has 0 saturated heterocycles. The maximum absolute atomic E-state index is 11.7. The molecule has 0 aromatic carbocycles. The molecule has 0 spiro atoms. The summed E-state index contributed by atoms with van der Waals surface area (Å²) in [4.78, 5) is 15.9. The van der Waals surface area contributed by atoms with Gasteiger partial charge in [0.2, 0.25) is 0 Å². The molecule has 0 radical (unpaired) electrons. The number of aromatic nitrogens is 1. The minimum atomic E-state index is -0.108. The van der Waals surface area contributed by atoms with Crippen LogP contribution in [-0.2, 0) is 0 Å². The smallest absolute Gasteiger partial charge is 0.270 e. The summed E-state index contributed by atoms with van der Waals surface area (Å²) in [5.74, 6) is 0.263. The third-order valence-electron chi connectivity index (χ3n) is 2.13. The minimum absolute atomic E-state index is 0. The molecule has 0 aliphatic carbocycles. The Kier molecular flexibility index (Phi) is 10.6. The van der Waals surface area contributed by atoms with Crippen molar-refractivity contribution in [3.05, 3.63) is 16.1 Å². The van der Waals surface area contributed by atoms with Crippen LogP contribution in [0, 0.1) is 0 Å². The Bertz CT molecular complexity index is 356. The number of hydrogen-bond acceptors (Lipinski definition) is 4. The van der Waals surface area contributed by atoms with Crippen LogP contribution in [0.3, 0.4) is 0 Å². The van der Waals surface area contributed by atoms with E-state index in [-0.39, 0.29) is 36.8 Å². The van der Waals surface area contributed by atoms with Gasteiger partial charge in [0.15, 0.2) is 0 Å². The van der Waals surface area contributed by atoms with Crippen molar-refractivity contribution in [3.63, 3.8) is 0 Å². The van der Waals surface area contributed by atoms with Crippen molar-refractivity contribution in [1.29, 1.82) is 0 Å². The van der Waals surface area contributed by atoms with Gasteiger partial charge in [0, 0.05) is 23.9 Å². The minimum Gasteiger partial charge on any atom is -0.351 e. The van der Waals surface area contributed by atoms with Crippen LogP contribution < -0.4 is 11.1 Å². The van der Waals surface area contributed by atoms with Gasteiger partial charge in [0.1, 0.15) is 5.69 Å². The van der Waals surface area contributed by atoms with Gasteiger partial charge < -0.3 is 11.1 Å². The van der Waals surface area contributed by atoms with E-state index in [2.05, 4.69) is 24.1 Å². The van der Waals surface area contributed by atoms with Gasteiger partial charge in [-0.2, -0.15) is 0 Å². The van der Waals surface area contributed by atoms with Gasteiger partial charge >= 0.3 is 0 Å². The maximum Gasteiger partial charge on any atom is 0.270 e. The van der Waals surface area contributed by atoms with Gasteiger partial charge in [0.25, 0.3) is 5.91 Å². The first kappa shape index (κ1) is 20.0. The van der Waals surface area contributed by atoms with Crippen molar-refractivity contribution in [3.8, 4) is 0 Å². The van der Waals surface area contributed by atoms with Crippen LogP contribution in [0.25, 0.3) is 0 Å². The normalized spacial score (nSPS) is 11.4. The first-order valence-corrected chi connectivity index (χ1v) is 6.38. The van der Waals surface area contributed by atoms with E-state index in [1.165, 1.54) is 11.3 Å². The van der Waals surface area contributed by atoms with Crippen molar-refractivity contribution < 1.29 is 4.79 Å². The second-order valence-electron chi connectivity index (χ2n) is 4.25. The summed E-state index contributed by atoms with van der Waals surface area (Å²) in [5, 5.41) is 5.61. The standard InChI is InChI=1S/C11H19N3OS.2ClH/c1-7(2)11-14-9(6-16-11)10(15)13-5-4-8(3)12;;/h6-8H,4-5,12H2,1-3H3,(H,13,15);2*1H. The molecule has 1 heterocycles. The molecule has 1 atom stereocenters. The predicted molar refractivity (Wildman–Crippen MR) is 81.3 cm³/mol. The van der Waals surface area contributed by atoms with Crippen molar-refractivity contribution in [2.75, 3.05) is 6.54 Å². The Morgan fingerprint density at radius 2 is 2.06 bits per heavy atom. The number of nitrogens with two attached hydrogens (primary N) is 1. The monoisotopic (exact) mass is 313 g/mol. The molecule has 1 rings (SSSR count). The molecule has 1 unspecified atom stereocenters. The van der Waals surface area contributed by atoms with E-state index >= 15 is 0 Å². The largest absolute Gasteiger partial charge is 0.351 e. The number of carbonyl (C=O) groups excluding carboxylic acids is 1. The molecule has 7 heteroatoms. The quantitative estimate of drug-likeness (QED) is 0.878. The first-order valence-electron chi connectivity index (χ1n) is 5.50. The average molecular weight is 314 g/mol. The number of nitrogens with one attached hydrogen (secondary N) is 1. The Labute approximate surface area is 125 Å². The average Bonchev–Trinajstić information content (AvgIpc) is 2.65. The summed E-state index contributed by atoms with van der Waals surface area (Å²) in [6.07, 6.45) is 0.785. The molecule has 0 aliphatic heterocycles. The van der Waals surface area contributed by atoms with Gasteiger partial charge in [-0.25, -0.2) is 4.98 Å². The summed E-state index contributed by atoms with van der Waals surface area (Å²) in [7, 11) is 0. The van der Waals surface area contributed by atoms with Crippen LogP contribution in [0.4, 0.5) is 0 Å². The molecule has 3 N–H and O–H groups in total. The Morgan fingerprint density at radius 3 is 2.50 bits per heavy atom. The zero-order valence-electron chi connectivity index (χ0n) is 10.8. The highest BCUT2D eigenvalue weighted by atomic mass is 35.5. The second-order valence-corrected chi connectivity index (χ2v) is 5.14. The van der Waals surface area contributed by atoms with E-state index in [0.717, 1.165) is 11.4 Å². The number of rotatable bonds is 5. The van der Waals surface area contributed by atoms with E-state index in [1.54, 1.807) is 5.38 Å². The zero-order chi connectivity index (χ0) is 12.1. The fraction of sp³-hybridized carbons (Fsp3) is 0.636. The lowest BCUT2D eigenvalue weighted by Crippen LogP contribution is -2.29. The summed E-state index contributed by atoms with van der Waals surface area (Å²) in [6.45, 7) is 6.66. The van der Waals surface area contributed by atoms with Crippen molar-refractivity contribution in [2.45, 2.75) is 39.2 Å². The summed E-state index contributed by atoms with van der Waals surface area (Å²) in [5.41, 5.74) is 6.11. The SMILES string of the molecule is CC(N)CCNC(=O)c1csc(C(C)C)n1.Cl.Cl. The highest BCUT2D eigenvalue weighted by Gasteiger charge is 2.11. The molecule has 4 nitrogen and oxygen atoms in total.